The molecule has 0 saturated carbocycles. The summed E-state index contributed by atoms with van der Waals surface area (Å²) < 4.78 is 21.9. The lowest BCUT2D eigenvalue weighted by Crippen LogP contribution is -2.35. The molecule has 6 nitrogen and oxygen atoms in total. The molecule has 2 aliphatic heterocycles. The van der Waals surface area contributed by atoms with Crippen LogP contribution in [0.4, 0.5) is 0 Å². The number of ketones is 1. The molecule has 0 aliphatic carbocycles. The quantitative estimate of drug-likeness (QED) is 0.628. The molecule has 6 heteroatoms. The third-order valence-corrected chi connectivity index (χ3v) is 3.94. The predicted octanol–water partition coefficient (Wildman–Crippen LogP) is 2.27. The first-order chi connectivity index (χ1) is 10.9. The van der Waals surface area contributed by atoms with Crippen LogP contribution < -0.4 is 4.74 Å². The highest BCUT2D eigenvalue weighted by atomic mass is 16.7. The number of ether oxygens (including phenoxy) is 4. The molecule has 0 radical (unpaired) electrons. The monoisotopic (exact) mass is 320 g/mol. The molecule has 0 N–H and O–H groups in total. The van der Waals surface area contributed by atoms with Gasteiger partial charge in [0.1, 0.15) is 18.5 Å². The topological polar surface area (TPSA) is 71.1 Å². The minimum atomic E-state index is -0.890. The molecule has 1 fully saturated rings. The Morgan fingerprint density at radius 1 is 1.35 bits per heavy atom. The van der Waals surface area contributed by atoms with Crippen molar-refractivity contribution >= 4 is 11.8 Å². The second-order valence-corrected chi connectivity index (χ2v) is 6.05. The average molecular weight is 320 g/mol. The molecule has 2 heterocycles. The lowest BCUT2D eigenvalue weighted by atomic mass is 9.93. The van der Waals surface area contributed by atoms with Gasteiger partial charge in [-0.1, -0.05) is 6.07 Å². The summed E-state index contributed by atoms with van der Waals surface area (Å²) in [6, 6.07) is 5.26. The molecule has 2 atom stereocenters. The van der Waals surface area contributed by atoms with Gasteiger partial charge >= 0.3 is 5.97 Å². The fraction of sp³-hybridized carbons (Fsp3) is 0.529. The van der Waals surface area contributed by atoms with Gasteiger partial charge in [-0.05, 0) is 38.5 Å². The highest BCUT2D eigenvalue weighted by Gasteiger charge is 2.37. The number of carbonyl (C=O) groups excluding carboxylic acids is 2. The summed E-state index contributed by atoms with van der Waals surface area (Å²) in [7, 11) is 0. The van der Waals surface area contributed by atoms with E-state index in [1.807, 2.05) is 19.9 Å². The van der Waals surface area contributed by atoms with Crippen LogP contribution in [0.25, 0.3) is 0 Å². The van der Waals surface area contributed by atoms with Gasteiger partial charge in [0.2, 0.25) is 0 Å². The van der Waals surface area contributed by atoms with Crippen LogP contribution in [0.15, 0.2) is 18.2 Å². The molecule has 0 aromatic heterocycles. The molecule has 2 unspecified atom stereocenters. The lowest BCUT2D eigenvalue weighted by molar-refractivity contribution is -0.147. The van der Waals surface area contributed by atoms with Gasteiger partial charge in [-0.2, -0.15) is 0 Å². The summed E-state index contributed by atoms with van der Waals surface area (Å²) in [6.45, 7) is 6.11. The summed E-state index contributed by atoms with van der Waals surface area (Å²) in [6.07, 6.45) is -0.197. The van der Waals surface area contributed by atoms with Crippen LogP contribution in [0, 0.1) is 5.92 Å². The number of hydrogen-bond acceptors (Lipinski definition) is 6. The molecular weight excluding hydrogens is 300 g/mol. The smallest absolute Gasteiger partial charge is 0.320 e. The first kappa shape index (κ1) is 16.0. The number of hydrogen-bond donors (Lipinski definition) is 0. The van der Waals surface area contributed by atoms with E-state index in [4.69, 9.17) is 18.9 Å². The highest BCUT2D eigenvalue weighted by molar-refractivity contribution is 6.11. The van der Waals surface area contributed by atoms with Crippen LogP contribution in [-0.2, 0) is 19.0 Å². The minimum absolute atomic E-state index is 0.00162. The Bertz CT molecular complexity index is 636. The zero-order chi connectivity index (χ0) is 16.6. The van der Waals surface area contributed by atoms with Gasteiger partial charge in [0, 0.05) is 0 Å². The number of rotatable bonds is 3. The molecule has 1 aromatic rings. The van der Waals surface area contributed by atoms with E-state index in [2.05, 4.69) is 0 Å². The number of esters is 1. The zero-order valence-corrected chi connectivity index (χ0v) is 13.5. The Morgan fingerprint density at radius 3 is 2.78 bits per heavy atom. The van der Waals surface area contributed by atoms with E-state index in [1.54, 1.807) is 19.1 Å². The normalized spacial score (nSPS) is 25.6. The predicted molar refractivity (Wildman–Crippen MR) is 80.2 cm³/mol. The van der Waals surface area contributed by atoms with Crippen molar-refractivity contribution in [3.05, 3.63) is 29.3 Å². The Morgan fingerprint density at radius 2 is 2.13 bits per heavy atom. The third-order valence-electron chi connectivity index (χ3n) is 3.94. The van der Waals surface area contributed by atoms with Gasteiger partial charge in [0.05, 0.1) is 18.8 Å². The fourth-order valence-corrected chi connectivity index (χ4v) is 2.77. The van der Waals surface area contributed by atoms with E-state index in [9.17, 15) is 9.59 Å². The Hall–Kier alpha value is -1.92. The first-order valence-electron chi connectivity index (χ1n) is 7.70. The highest BCUT2D eigenvalue weighted by Crippen LogP contribution is 2.36. The van der Waals surface area contributed by atoms with Crippen LogP contribution >= 0.6 is 0 Å². The summed E-state index contributed by atoms with van der Waals surface area (Å²) in [5.74, 6) is -1.84. The van der Waals surface area contributed by atoms with Crippen molar-refractivity contribution in [1.29, 1.82) is 0 Å². The van der Waals surface area contributed by atoms with E-state index < -0.39 is 17.7 Å². The summed E-state index contributed by atoms with van der Waals surface area (Å²) in [4.78, 5) is 24.2. The molecule has 1 saturated heterocycles. The van der Waals surface area contributed by atoms with Gasteiger partial charge in [-0.3, -0.25) is 9.59 Å². The molecule has 0 amide bonds. The average Bonchev–Trinajstić information content (AvgIpc) is 2.87. The lowest BCUT2D eigenvalue weighted by Gasteiger charge is -2.24. The largest absolute Gasteiger partial charge is 0.491 e. The molecule has 23 heavy (non-hydrogen) atoms. The van der Waals surface area contributed by atoms with Gasteiger partial charge in [-0.15, -0.1) is 0 Å². The van der Waals surface area contributed by atoms with Crippen LogP contribution in [0.3, 0.4) is 0 Å². The van der Waals surface area contributed by atoms with Crippen molar-refractivity contribution < 1.29 is 28.5 Å². The molecule has 1 aromatic carbocycles. The maximum atomic E-state index is 12.4. The summed E-state index contributed by atoms with van der Waals surface area (Å²) in [5, 5.41) is 0. The van der Waals surface area contributed by atoms with Gasteiger partial charge in [-0.25, -0.2) is 0 Å². The molecule has 124 valence electrons. The second-order valence-electron chi connectivity index (χ2n) is 6.05. The Balaban J connectivity index is 1.81. The van der Waals surface area contributed by atoms with E-state index >= 15 is 0 Å². The molecule has 2 aliphatic rings. The van der Waals surface area contributed by atoms with Crippen molar-refractivity contribution in [3.8, 4) is 5.75 Å². The number of carbonyl (C=O) groups is 2. The number of benzene rings is 1. The third kappa shape index (κ3) is 3.09. The SMILES string of the molecule is CCOC(=O)C1COc2cc(C3COC(C)(C)O3)ccc2C1=O. The van der Waals surface area contributed by atoms with Gasteiger partial charge < -0.3 is 18.9 Å². The summed E-state index contributed by atoms with van der Waals surface area (Å²) >= 11 is 0. The Kier molecular flexibility index (Phi) is 4.12. The van der Waals surface area contributed by atoms with Crippen LogP contribution in [0.2, 0.25) is 0 Å². The second kappa shape index (κ2) is 5.94. The van der Waals surface area contributed by atoms with Crippen LogP contribution in [0.5, 0.6) is 5.75 Å². The van der Waals surface area contributed by atoms with Crippen molar-refractivity contribution in [3.63, 3.8) is 0 Å². The maximum absolute atomic E-state index is 12.4. The zero-order valence-electron chi connectivity index (χ0n) is 13.5. The van der Waals surface area contributed by atoms with E-state index in [0.29, 0.717) is 17.9 Å². The van der Waals surface area contributed by atoms with Crippen molar-refractivity contribution in [1.82, 2.24) is 0 Å². The molecule has 3 rings (SSSR count). The molecule has 0 bridgehead atoms. The molecule has 0 spiro atoms. The van der Waals surface area contributed by atoms with Gasteiger partial charge in [0.15, 0.2) is 17.5 Å². The maximum Gasteiger partial charge on any atom is 0.320 e. The van der Waals surface area contributed by atoms with Crippen molar-refractivity contribution in [2.75, 3.05) is 19.8 Å². The first-order valence-corrected chi connectivity index (χ1v) is 7.70. The fourth-order valence-electron chi connectivity index (χ4n) is 2.77. The van der Waals surface area contributed by atoms with Gasteiger partial charge in [0.25, 0.3) is 0 Å². The van der Waals surface area contributed by atoms with E-state index in [1.165, 1.54) is 0 Å². The minimum Gasteiger partial charge on any atom is -0.491 e. The molecular formula is C17H20O6. The summed E-state index contributed by atoms with van der Waals surface area (Å²) in [5.41, 5.74) is 1.29. The van der Waals surface area contributed by atoms with Crippen molar-refractivity contribution in [2.24, 2.45) is 5.92 Å². The number of Topliss-reactive ketones (excluding diaryl/α,β-unsaturated/α-hetero) is 1. The standard InChI is InChI=1S/C17H20O6/c1-4-20-16(19)12-8-21-13-7-10(5-6-11(13)15(12)18)14-9-22-17(2,3)23-14/h5-7,12,14H,4,8-9H2,1-3H3. The van der Waals surface area contributed by atoms with Crippen LogP contribution in [-0.4, -0.2) is 37.4 Å². The van der Waals surface area contributed by atoms with Crippen molar-refractivity contribution in [2.45, 2.75) is 32.7 Å². The number of fused-ring (bicyclic) bond motifs is 1. The van der Waals surface area contributed by atoms with E-state index in [0.717, 1.165) is 5.56 Å². The van der Waals surface area contributed by atoms with E-state index in [-0.39, 0.29) is 25.1 Å². The Labute approximate surface area is 134 Å². The van der Waals surface area contributed by atoms with Crippen LogP contribution in [0.1, 0.15) is 42.8 Å².